The summed E-state index contributed by atoms with van der Waals surface area (Å²) in [7, 11) is 0. The van der Waals surface area contributed by atoms with Gasteiger partial charge in [-0.2, -0.15) is 0 Å². The molecular formula is C13H27N3O3. The van der Waals surface area contributed by atoms with Crippen LogP contribution in [0.2, 0.25) is 0 Å². The molecule has 0 saturated heterocycles. The van der Waals surface area contributed by atoms with Gasteiger partial charge in [0.25, 0.3) is 0 Å². The zero-order chi connectivity index (χ0) is 14.9. The Hall–Kier alpha value is -1.14. The number of hydrogen-bond donors (Lipinski definition) is 4. The quantitative estimate of drug-likeness (QED) is 0.521. The van der Waals surface area contributed by atoms with E-state index in [0.29, 0.717) is 13.1 Å². The predicted octanol–water partition coefficient (Wildman–Crippen LogP) is 0.609. The highest BCUT2D eigenvalue weighted by Crippen LogP contribution is 2.20. The van der Waals surface area contributed by atoms with Gasteiger partial charge in [-0.25, -0.2) is 4.79 Å². The molecule has 0 spiro atoms. The number of rotatable bonds is 8. The second-order valence-electron chi connectivity index (χ2n) is 5.44. The van der Waals surface area contributed by atoms with Crippen LogP contribution in [0.5, 0.6) is 0 Å². The van der Waals surface area contributed by atoms with E-state index in [1.54, 1.807) is 13.8 Å². The first-order chi connectivity index (χ1) is 8.82. The molecule has 0 aliphatic carbocycles. The van der Waals surface area contributed by atoms with Crippen molar-refractivity contribution in [3.8, 4) is 0 Å². The van der Waals surface area contributed by atoms with E-state index in [4.69, 9.17) is 5.11 Å². The van der Waals surface area contributed by atoms with E-state index in [1.807, 2.05) is 0 Å². The molecule has 19 heavy (non-hydrogen) atoms. The van der Waals surface area contributed by atoms with Gasteiger partial charge in [0.1, 0.15) is 0 Å². The zero-order valence-corrected chi connectivity index (χ0v) is 12.4. The number of imide groups is 1. The Labute approximate surface area is 115 Å². The summed E-state index contributed by atoms with van der Waals surface area (Å²) in [5.74, 6) is -0.344. The van der Waals surface area contributed by atoms with Gasteiger partial charge in [-0.1, -0.05) is 13.8 Å². The molecule has 112 valence electrons. The molecule has 1 atom stereocenters. The maximum atomic E-state index is 11.7. The van der Waals surface area contributed by atoms with Crippen molar-refractivity contribution < 1.29 is 14.7 Å². The van der Waals surface area contributed by atoms with Crippen LogP contribution in [-0.4, -0.2) is 42.8 Å². The minimum absolute atomic E-state index is 0.00292. The maximum Gasteiger partial charge on any atom is 0.321 e. The number of urea groups is 1. The van der Waals surface area contributed by atoms with Crippen molar-refractivity contribution in [2.75, 3.05) is 19.7 Å². The van der Waals surface area contributed by atoms with Gasteiger partial charge in [-0.3, -0.25) is 10.1 Å². The normalized spacial score (nSPS) is 12.9. The molecule has 6 heteroatoms. The first-order valence-corrected chi connectivity index (χ1v) is 6.75. The van der Waals surface area contributed by atoms with Gasteiger partial charge in [0, 0.05) is 19.7 Å². The molecule has 0 fully saturated rings. The lowest BCUT2D eigenvalue weighted by atomic mass is 9.87. The summed E-state index contributed by atoms with van der Waals surface area (Å²) in [5.41, 5.74) is 0.00292. The van der Waals surface area contributed by atoms with Crippen molar-refractivity contribution in [1.29, 1.82) is 0 Å². The summed E-state index contributed by atoms with van der Waals surface area (Å²) in [5, 5.41) is 16.7. The van der Waals surface area contributed by atoms with Crippen molar-refractivity contribution in [3.05, 3.63) is 0 Å². The van der Waals surface area contributed by atoms with E-state index in [-0.39, 0.29) is 17.9 Å². The van der Waals surface area contributed by atoms with Crippen LogP contribution >= 0.6 is 0 Å². The van der Waals surface area contributed by atoms with Gasteiger partial charge < -0.3 is 15.7 Å². The molecule has 0 rings (SSSR count). The fourth-order valence-electron chi connectivity index (χ4n) is 1.59. The monoisotopic (exact) mass is 273 g/mol. The summed E-state index contributed by atoms with van der Waals surface area (Å²) in [6.07, 6.45) is 1.62. The van der Waals surface area contributed by atoms with Crippen LogP contribution in [0.25, 0.3) is 0 Å². The van der Waals surface area contributed by atoms with E-state index < -0.39 is 12.1 Å². The van der Waals surface area contributed by atoms with Gasteiger partial charge in [-0.05, 0) is 32.1 Å². The van der Waals surface area contributed by atoms with Gasteiger partial charge >= 0.3 is 6.03 Å². The first kappa shape index (κ1) is 17.9. The average molecular weight is 273 g/mol. The largest absolute Gasteiger partial charge is 0.396 e. The number of nitrogens with one attached hydrogen (secondary N) is 3. The smallest absolute Gasteiger partial charge is 0.321 e. The van der Waals surface area contributed by atoms with Gasteiger partial charge in [0.2, 0.25) is 5.91 Å². The van der Waals surface area contributed by atoms with Crippen LogP contribution in [0.1, 0.15) is 40.5 Å². The van der Waals surface area contributed by atoms with Crippen molar-refractivity contribution in [2.45, 2.75) is 46.6 Å². The van der Waals surface area contributed by atoms with Crippen molar-refractivity contribution in [3.63, 3.8) is 0 Å². The molecule has 0 aromatic rings. The van der Waals surface area contributed by atoms with E-state index in [0.717, 1.165) is 12.8 Å². The Balaban J connectivity index is 4.05. The summed E-state index contributed by atoms with van der Waals surface area (Å²) in [4.78, 5) is 22.9. The topological polar surface area (TPSA) is 90.5 Å². The molecule has 0 aliphatic rings. The minimum Gasteiger partial charge on any atom is -0.396 e. The number of aliphatic hydroxyl groups is 1. The van der Waals surface area contributed by atoms with Crippen LogP contribution in [0.4, 0.5) is 4.79 Å². The highest BCUT2D eigenvalue weighted by Gasteiger charge is 2.21. The van der Waals surface area contributed by atoms with E-state index in [9.17, 15) is 9.59 Å². The van der Waals surface area contributed by atoms with Gasteiger partial charge in [-0.15, -0.1) is 0 Å². The molecule has 0 aromatic carbocycles. The Morgan fingerprint density at radius 2 is 1.95 bits per heavy atom. The molecule has 3 amide bonds. The lowest BCUT2D eigenvalue weighted by Gasteiger charge is -2.26. The highest BCUT2D eigenvalue weighted by atomic mass is 16.3. The zero-order valence-electron chi connectivity index (χ0n) is 12.4. The molecule has 4 N–H and O–H groups in total. The minimum atomic E-state index is -0.472. The fourth-order valence-corrected chi connectivity index (χ4v) is 1.59. The SMILES string of the molecule is CCNC(=O)NC(=O)C(C)NCC(C)(C)CCCO. The molecule has 1 unspecified atom stereocenters. The summed E-state index contributed by atoms with van der Waals surface area (Å²) >= 11 is 0. The summed E-state index contributed by atoms with van der Waals surface area (Å²) in [6, 6.07) is -0.906. The highest BCUT2D eigenvalue weighted by molar-refractivity contribution is 5.96. The average Bonchev–Trinajstić information content (AvgIpc) is 2.33. The molecule has 0 aliphatic heterocycles. The van der Waals surface area contributed by atoms with Crippen LogP contribution in [0.3, 0.4) is 0 Å². The Bertz CT molecular complexity index is 293. The molecule has 0 saturated carbocycles. The summed E-state index contributed by atoms with van der Waals surface area (Å²) < 4.78 is 0. The van der Waals surface area contributed by atoms with Crippen molar-refractivity contribution in [2.24, 2.45) is 5.41 Å². The lowest BCUT2D eigenvalue weighted by Crippen LogP contribution is -2.49. The lowest BCUT2D eigenvalue weighted by molar-refractivity contribution is -0.121. The van der Waals surface area contributed by atoms with Crippen molar-refractivity contribution >= 4 is 11.9 Å². The molecule has 0 heterocycles. The second kappa shape index (κ2) is 8.87. The third-order valence-electron chi connectivity index (χ3n) is 2.87. The van der Waals surface area contributed by atoms with Crippen LogP contribution in [0.15, 0.2) is 0 Å². The standard InChI is InChI=1S/C13H27N3O3/c1-5-14-12(19)16-11(18)10(2)15-9-13(3,4)7-6-8-17/h10,15,17H,5-9H2,1-4H3,(H2,14,16,18,19). The molecule has 6 nitrogen and oxygen atoms in total. The number of hydrogen-bond acceptors (Lipinski definition) is 4. The van der Waals surface area contributed by atoms with Crippen LogP contribution in [-0.2, 0) is 4.79 Å². The number of carbonyl (C=O) groups excluding carboxylic acids is 2. The predicted molar refractivity (Wildman–Crippen MR) is 74.8 cm³/mol. The molecular weight excluding hydrogens is 246 g/mol. The first-order valence-electron chi connectivity index (χ1n) is 6.75. The molecule has 0 aromatic heterocycles. The van der Waals surface area contributed by atoms with E-state index >= 15 is 0 Å². The maximum absolute atomic E-state index is 11.7. The van der Waals surface area contributed by atoms with Crippen LogP contribution in [0, 0.1) is 5.41 Å². The van der Waals surface area contributed by atoms with Gasteiger partial charge in [0.15, 0.2) is 0 Å². The number of carbonyl (C=O) groups is 2. The Morgan fingerprint density at radius 3 is 2.47 bits per heavy atom. The second-order valence-corrected chi connectivity index (χ2v) is 5.44. The third-order valence-corrected chi connectivity index (χ3v) is 2.87. The number of amides is 3. The van der Waals surface area contributed by atoms with Crippen LogP contribution < -0.4 is 16.0 Å². The third kappa shape index (κ3) is 8.56. The van der Waals surface area contributed by atoms with E-state index in [1.165, 1.54) is 0 Å². The molecule has 0 bridgehead atoms. The van der Waals surface area contributed by atoms with Crippen molar-refractivity contribution in [1.82, 2.24) is 16.0 Å². The number of aliphatic hydroxyl groups excluding tert-OH is 1. The Morgan fingerprint density at radius 1 is 1.32 bits per heavy atom. The van der Waals surface area contributed by atoms with Gasteiger partial charge in [0.05, 0.1) is 6.04 Å². The fraction of sp³-hybridized carbons (Fsp3) is 0.846. The Kier molecular flexibility index (Phi) is 8.34. The molecule has 0 radical (unpaired) electrons. The summed E-state index contributed by atoms with van der Waals surface area (Å²) in [6.45, 7) is 8.96. The van der Waals surface area contributed by atoms with E-state index in [2.05, 4.69) is 29.8 Å².